The highest BCUT2D eigenvalue weighted by molar-refractivity contribution is 7.19. The van der Waals surface area contributed by atoms with Gasteiger partial charge in [-0.2, -0.15) is 0 Å². The molecule has 0 unspecified atom stereocenters. The van der Waals surface area contributed by atoms with Crippen LogP contribution in [-0.4, -0.2) is 26.1 Å². The Balaban J connectivity index is 1.54. The number of hydrogen-bond acceptors (Lipinski definition) is 5. The zero-order valence-corrected chi connectivity index (χ0v) is 14.2. The summed E-state index contributed by atoms with van der Waals surface area (Å²) in [7, 11) is 0. The molecule has 0 saturated carbocycles. The molecule has 0 bridgehead atoms. The Morgan fingerprint density at radius 1 is 1.26 bits per heavy atom. The quantitative estimate of drug-likeness (QED) is 0.728. The molecule has 23 heavy (non-hydrogen) atoms. The van der Waals surface area contributed by atoms with Gasteiger partial charge in [0.25, 0.3) is 0 Å². The number of aryl methyl sites for hydroxylation is 4. The Morgan fingerprint density at radius 3 is 3.04 bits per heavy atom. The van der Waals surface area contributed by atoms with E-state index in [0.29, 0.717) is 0 Å². The number of aromatic nitrogens is 4. The van der Waals surface area contributed by atoms with Crippen LogP contribution in [-0.2, 0) is 19.4 Å². The first-order valence-electron chi connectivity index (χ1n) is 8.30. The lowest BCUT2D eigenvalue weighted by molar-refractivity contribution is 0.660. The Morgan fingerprint density at radius 2 is 2.17 bits per heavy atom. The van der Waals surface area contributed by atoms with E-state index >= 15 is 0 Å². The summed E-state index contributed by atoms with van der Waals surface area (Å²) in [5, 5.41) is 4.82. The van der Waals surface area contributed by atoms with Gasteiger partial charge in [-0.25, -0.2) is 15.0 Å². The highest BCUT2D eigenvalue weighted by Crippen LogP contribution is 2.38. The van der Waals surface area contributed by atoms with E-state index in [1.165, 1.54) is 41.5 Å². The molecule has 5 nitrogen and oxygen atoms in total. The minimum absolute atomic E-state index is 0.855. The monoisotopic (exact) mass is 327 g/mol. The Labute approximate surface area is 139 Å². The van der Waals surface area contributed by atoms with Gasteiger partial charge >= 0.3 is 0 Å². The van der Waals surface area contributed by atoms with Crippen LogP contribution in [0.1, 0.15) is 35.5 Å². The van der Waals surface area contributed by atoms with Crippen molar-refractivity contribution in [2.45, 2.75) is 45.6 Å². The predicted octanol–water partition coefficient (Wildman–Crippen LogP) is 3.58. The number of fused-ring (bicyclic) bond motifs is 3. The SMILES string of the molecule is Cc1nc(NCCCn2ccnc2)c2c3c(sc2n1)CCCC3. The van der Waals surface area contributed by atoms with Gasteiger partial charge in [-0.1, -0.05) is 0 Å². The van der Waals surface area contributed by atoms with Gasteiger partial charge in [0.15, 0.2) is 0 Å². The second-order valence-electron chi connectivity index (χ2n) is 6.09. The molecular weight excluding hydrogens is 306 g/mol. The third-order valence-corrected chi connectivity index (χ3v) is 5.56. The van der Waals surface area contributed by atoms with Crippen molar-refractivity contribution >= 4 is 27.4 Å². The number of nitrogens with zero attached hydrogens (tertiary/aromatic N) is 4. The molecule has 3 aromatic heterocycles. The van der Waals surface area contributed by atoms with Crippen LogP contribution in [0.4, 0.5) is 5.82 Å². The van der Waals surface area contributed by atoms with Crippen molar-refractivity contribution in [1.82, 2.24) is 19.5 Å². The van der Waals surface area contributed by atoms with E-state index in [1.54, 1.807) is 0 Å². The summed E-state index contributed by atoms with van der Waals surface area (Å²) in [6, 6.07) is 0. The van der Waals surface area contributed by atoms with Crippen molar-refractivity contribution in [1.29, 1.82) is 0 Å². The molecule has 4 rings (SSSR count). The molecule has 6 heteroatoms. The molecule has 1 N–H and O–H groups in total. The molecule has 1 aliphatic carbocycles. The van der Waals surface area contributed by atoms with E-state index in [1.807, 2.05) is 37.0 Å². The van der Waals surface area contributed by atoms with Crippen LogP contribution in [0.5, 0.6) is 0 Å². The lowest BCUT2D eigenvalue weighted by Crippen LogP contribution is -2.09. The van der Waals surface area contributed by atoms with Crippen molar-refractivity contribution in [2.75, 3.05) is 11.9 Å². The number of nitrogens with one attached hydrogen (secondary N) is 1. The fraction of sp³-hybridized carbons (Fsp3) is 0.471. The minimum atomic E-state index is 0.855. The van der Waals surface area contributed by atoms with Crippen molar-refractivity contribution < 1.29 is 0 Å². The number of thiophene rings is 1. The third kappa shape index (κ3) is 2.95. The molecule has 120 valence electrons. The summed E-state index contributed by atoms with van der Waals surface area (Å²) in [4.78, 5) is 16.1. The number of anilines is 1. The largest absolute Gasteiger partial charge is 0.369 e. The topological polar surface area (TPSA) is 55.6 Å². The van der Waals surface area contributed by atoms with E-state index in [2.05, 4.69) is 24.8 Å². The summed E-state index contributed by atoms with van der Waals surface area (Å²) in [6.45, 7) is 3.87. The van der Waals surface area contributed by atoms with E-state index in [-0.39, 0.29) is 0 Å². The third-order valence-electron chi connectivity index (χ3n) is 4.37. The first kappa shape index (κ1) is 14.6. The van der Waals surface area contributed by atoms with Crippen LogP contribution in [0.3, 0.4) is 0 Å². The lowest BCUT2D eigenvalue weighted by Gasteiger charge is -2.13. The maximum atomic E-state index is 4.68. The molecule has 0 fully saturated rings. The standard InChI is InChI=1S/C17H21N5S/c1-12-20-16(19-7-4-9-22-10-8-18-11-22)15-13-5-2-3-6-14(13)23-17(15)21-12/h8,10-11H,2-7,9H2,1H3,(H,19,20,21). The molecule has 0 radical (unpaired) electrons. The van der Waals surface area contributed by atoms with E-state index < -0.39 is 0 Å². The van der Waals surface area contributed by atoms with Crippen molar-refractivity contribution in [2.24, 2.45) is 0 Å². The number of hydrogen-bond donors (Lipinski definition) is 1. The zero-order valence-electron chi connectivity index (χ0n) is 13.4. The van der Waals surface area contributed by atoms with Gasteiger partial charge in [-0.3, -0.25) is 0 Å². The fourth-order valence-corrected chi connectivity index (χ4v) is 4.59. The molecule has 0 spiro atoms. The van der Waals surface area contributed by atoms with Crippen molar-refractivity contribution in [3.63, 3.8) is 0 Å². The predicted molar refractivity (Wildman–Crippen MR) is 94.1 cm³/mol. The van der Waals surface area contributed by atoms with Crippen LogP contribution in [0.2, 0.25) is 0 Å². The van der Waals surface area contributed by atoms with Crippen molar-refractivity contribution in [3.8, 4) is 0 Å². The molecule has 0 amide bonds. The van der Waals surface area contributed by atoms with Crippen LogP contribution >= 0.6 is 11.3 Å². The molecule has 3 aromatic rings. The normalized spacial score (nSPS) is 14.1. The van der Waals surface area contributed by atoms with Gasteiger partial charge < -0.3 is 9.88 Å². The summed E-state index contributed by atoms with van der Waals surface area (Å²) in [5.41, 5.74) is 1.49. The van der Waals surface area contributed by atoms with Gasteiger partial charge in [0.1, 0.15) is 16.5 Å². The average Bonchev–Trinajstić information content (AvgIpc) is 3.18. The Bertz CT molecular complexity index is 806. The first-order chi connectivity index (χ1) is 11.3. The van der Waals surface area contributed by atoms with E-state index in [0.717, 1.165) is 36.0 Å². The smallest absolute Gasteiger partial charge is 0.138 e. The molecule has 0 aliphatic heterocycles. The minimum Gasteiger partial charge on any atom is -0.369 e. The second-order valence-corrected chi connectivity index (χ2v) is 7.17. The zero-order chi connectivity index (χ0) is 15.6. The molecule has 1 aliphatic rings. The maximum Gasteiger partial charge on any atom is 0.138 e. The van der Waals surface area contributed by atoms with Gasteiger partial charge in [-0.15, -0.1) is 11.3 Å². The Hall–Kier alpha value is -1.95. The van der Waals surface area contributed by atoms with Crippen molar-refractivity contribution in [3.05, 3.63) is 35.0 Å². The van der Waals surface area contributed by atoms with Gasteiger partial charge in [0, 0.05) is 30.4 Å². The number of imidazole rings is 1. The molecule has 0 saturated heterocycles. The van der Waals surface area contributed by atoms with Crippen LogP contribution in [0.25, 0.3) is 10.2 Å². The highest BCUT2D eigenvalue weighted by atomic mass is 32.1. The van der Waals surface area contributed by atoms with Crippen LogP contribution < -0.4 is 5.32 Å². The molecule has 0 aromatic carbocycles. The summed E-state index contributed by atoms with van der Waals surface area (Å²) in [6.07, 6.45) is 11.7. The highest BCUT2D eigenvalue weighted by Gasteiger charge is 2.20. The van der Waals surface area contributed by atoms with Gasteiger partial charge in [-0.05, 0) is 44.6 Å². The first-order valence-corrected chi connectivity index (χ1v) is 9.11. The maximum absolute atomic E-state index is 4.68. The summed E-state index contributed by atoms with van der Waals surface area (Å²) < 4.78 is 2.11. The lowest BCUT2D eigenvalue weighted by atomic mass is 9.97. The summed E-state index contributed by atoms with van der Waals surface area (Å²) in [5.74, 6) is 1.88. The molecular formula is C17H21N5S. The second kappa shape index (κ2) is 6.28. The Kier molecular flexibility index (Phi) is 3.99. The van der Waals surface area contributed by atoms with E-state index in [4.69, 9.17) is 0 Å². The number of rotatable bonds is 5. The molecule has 0 atom stereocenters. The van der Waals surface area contributed by atoms with Gasteiger partial charge in [0.2, 0.25) is 0 Å². The van der Waals surface area contributed by atoms with Gasteiger partial charge in [0.05, 0.1) is 11.7 Å². The molecule has 3 heterocycles. The van der Waals surface area contributed by atoms with Crippen LogP contribution in [0.15, 0.2) is 18.7 Å². The van der Waals surface area contributed by atoms with Crippen LogP contribution in [0, 0.1) is 6.92 Å². The van der Waals surface area contributed by atoms with E-state index in [9.17, 15) is 0 Å². The summed E-state index contributed by atoms with van der Waals surface area (Å²) >= 11 is 1.86. The average molecular weight is 327 g/mol. The fourth-order valence-electron chi connectivity index (χ4n) is 3.28.